The minimum Gasteiger partial charge on any atom is -0.350 e. The molecule has 0 aromatic heterocycles. The van der Waals surface area contributed by atoms with Gasteiger partial charge >= 0.3 is 0 Å². The molecule has 0 fully saturated rings. The van der Waals surface area contributed by atoms with Crippen molar-refractivity contribution >= 4 is 35.2 Å². The van der Waals surface area contributed by atoms with Crippen molar-refractivity contribution in [1.82, 2.24) is 5.32 Å². The summed E-state index contributed by atoms with van der Waals surface area (Å²) in [5, 5.41) is 6.19. The first kappa shape index (κ1) is 17.8. The monoisotopic (exact) mass is 342 g/mol. The zero-order chi connectivity index (χ0) is 17.5. The van der Waals surface area contributed by atoms with Crippen LogP contribution in [-0.4, -0.2) is 17.9 Å². The molecular formula is C19H19ClN2O2. The van der Waals surface area contributed by atoms with E-state index in [1.165, 1.54) is 6.08 Å². The number of benzene rings is 2. The van der Waals surface area contributed by atoms with Gasteiger partial charge in [-0.3, -0.25) is 9.59 Å². The first-order valence-electron chi connectivity index (χ1n) is 7.60. The van der Waals surface area contributed by atoms with E-state index in [0.717, 1.165) is 5.56 Å². The predicted molar refractivity (Wildman–Crippen MR) is 98.2 cm³/mol. The average Bonchev–Trinajstić information content (AvgIpc) is 2.54. The van der Waals surface area contributed by atoms with E-state index in [9.17, 15) is 9.59 Å². The van der Waals surface area contributed by atoms with E-state index in [1.54, 1.807) is 42.5 Å². The minimum absolute atomic E-state index is 0.0195. The maximum Gasteiger partial charge on any atom is 0.253 e. The van der Waals surface area contributed by atoms with Crippen LogP contribution in [0.3, 0.4) is 0 Å². The van der Waals surface area contributed by atoms with Crippen LogP contribution >= 0.6 is 11.6 Å². The van der Waals surface area contributed by atoms with Gasteiger partial charge in [-0.25, -0.2) is 0 Å². The van der Waals surface area contributed by atoms with Gasteiger partial charge in [-0.05, 0) is 49.8 Å². The van der Waals surface area contributed by atoms with Gasteiger partial charge < -0.3 is 10.6 Å². The Morgan fingerprint density at radius 1 is 1.04 bits per heavy atom. The number of para-hydroxylation sites is 1. The van der Waals surface area contributed by atoms with Gasteiger partial charge in [0.1, 0.15) is 0 Å². The second kappa shape index (κ2) is 8.31. The Morgan fingerprint density at radius 2 is 1.71 bits per heavy atom. The fourth-order valence-electron chi connectivity index (χ4n) is 2.05. The Labute approximate surface area is 146 Å². The molecule has 0 saturated heterocycles. The van der Waals surface area contributed by atoms with Crippen molar-refractivity contribution in [3.8, 4) is 0 Å². The molecule has 2 aromatic rings. The fourth-order valence-corrected chi connectivity index (χ4v) is 2.18. The van der Waals surface area contributed by atoms with Crippen LogP contribution < -0.4 is 10.6 Å². The molecule has 124 valence electrons. The Bertz CT molecular complexity index is 752. The predicted octanol–water partition coefficient (Wildman–Crippen LogP) is 4.13. The maximum atomic E-state index is 12.2. The van der Waals surface area contributed by atoms with Crippen molar-refractivity contribution in [3.05, 3.63) is 70.8 Å². The summed E-state index contributed by atoms with van der Waals surface area (Å²) in [6.07, 6.45) is 3.10. The lowest BCUT2D eigenvalue weighted by Gasteiger charge is -2.12. The Balaban J connectivity index is 2.09. The number of carbonyl (C=O) groups is 2. The molecule has 0 aliphatic heterocycles. The fraction of sp³-hybridized carbons (Fsp3) is 0.158. The topological polar surface area (TPSA) is 58.2 Å². The molecular weight excluding hydrogens is 324 g/mol. The van der Waals surface area contributed by atoms with Crippen LogP contribution in [0, 0.1) is 0 Å². The number of nitrogens with one attached hydrogen (secondary N) is 2. The Hall–Kier alpha value is -2.59. The second-order valence-corrected chi connectivity index (χ2v) is 5.98. The molecule has 0 bridgehead atoms. The lowest BCUT2D eigenvalue weighted by molar-refractivity contribution is -0.111. The quantitative estimate of drug-likeness (QED) is 0.803. The minimum atomic E-state index is -0.310. The number of anilines is 1. The van der Waals surface area contributed by atoms with Crippen molar-refractivity contribution in [3.63, 3.8) is 0 Å². The number of amides is 2. The van der Waals surface area contributed by atoms with Gasteiger partial charge in [-0.15, -0.1) is 0 Å². The van der Waals surface area contributed by atoms with Gasteiger partial charge in [0.05, 0.1) is 11.3 Å². The molecule has 2 aromatic carbocycles. The SMILES string of the molecule is CC(C)NC(=O)c1ccccc1NC(=O)/C=C/c1ccc(Cl)cc1. The van der Waals surface area contributed by atoms with Crippen molar-refractivity contribution < 1.29 is 9.59 Å². The number of hydrogen-bond acceptors (Lipinski definition) is 2. The normalized spacial score (nSPS) is 10.8. The van der Waals surface area contributed by atoms with Crippen molar-refractivity contribution in [2.24, 2.45) is 0 Å². The highest BCUT2D eigenvalue weighted by molar-refractivity contribution is 6.30. The molecule has 2 N–H and O–H groups in total. The summed E-state index contributed by atoms with van der Waals surface area (Å²) in [7, 11) is 0. The standard InChI is InChI=1S/C19H19ClN2O2/c1-13(2)21-19(24)16-5-3-4-6-17(16)22-18(23)12-9-14-7-10-15(20)11-8-14/h3-13H,1-2H3,(H,21,24)(H,22,23)/b12-9+. The summed E-state index contributed by atoms with van der Waals surface area (Å²) in [6.45, 7) is 3.77. The van der Waals surface area contributed by atoms with Gasteiger partial charge in [-0.2, -0.15) is 0 Å². The summed E-state index contributed by atoms with van der Waals surface area (Å²) in [5.74, 6) is -0.530. The summed E-state index contributed by atoms with van der Waals surface area (Å²) in [5.41, 5.74) is 1.77. The molecule has 24 heavy (non-hydrogen) atoms. The van der Waals surface area contributed by atoms with Crippen molar-refractivity contribution in [1.29, 1.82) is 0 Å². The molecule has 0 aliphatic rings. The number of rotatable bonds is 5. The van der Waals surface area contributed by atoms with Crippen LogP contribution in [0.4, 0.5) is 5.69 Å². The number of halogens is 1. The third-order valence-corrected chi connectivity index (χ3v) is 3.40. The first-order chi connectivity index (χ1) is 11.5. The molecule has 0 atom stereocenters. The summed E-state index contributed by atoms with van der Waals surface area (Å²) in [4.78, 5) is 24.3. The van der Waals surface area contributed by atoms with E-state index in [1.807, 2.05) is 26.0 Å². The lowest BCUT2D eigenvalue weighted by Crippen LogP contribution is -2.30. The van der Waals surface area contributed by atoms with E-state index >= 15 is 0 Å². The first-order valence-corrected chi connectivity index (χ1v) is 7.98. The van der Waals surface area contributed by atoms with E-state index < -0.39 is 0 Å². The van der Waals surface area contributed by atoms with Gasteiger partial charge in [-0.1, -0.05) is 35.9 Å². The molecule has 0 spiro atoms. The van der Waals surface area contributed by atoms with Crippen molar-refractivity contribution in [2.75, 3.05) is 5.32 Å². The highest BCUT2D eigenvalue weighted by Gasteiger charge is 2.12. The number of carbonyl (C=O) groups excluding carboxylic acids is 2. The zero-order valence-electron chi connectivity index (χ0n) is 13.5. The summed E-state index contributed by atoms with van der Waals surface area (Å²) < 4.78 is 0. The largest absolute Gasteiger partial charge is 0.350 e. The molecule has 0 aliphatic carbocycles. The maximum absolute atomic E-state index is 12.2. The van der Waals surface area contributed by atoms with E-state index in [0.29, 0.717) is 16.3 Å². The summed E-state index contributed by atoms with van der Waals surface area (Å²) in [6, 6.07) is 14.1. The molecule has 0 unspecified atom stereocenters. The van der Waals surface area contributed by atoms with Gasteiger partial charge in [0.2, 0.25) is 5.91 Å². The highest BCUT2D eigenvalue weighted by Crippen LogP contribution is 2.16. The molecule has 2 rings (SSSR count). The van der Waals surface area contributed by atoms with Gasteiger partial charge in [0, 0.05) is 17.1 Å². The molecule has 5 heteroatoms. The average molecular weight is 343 g/mol. The van der Waals surface area contributed by atoms with Crippen LogP contribution in [0.15, 0.2) is 54.6 Å². The third kappa shape index (κ3) is 5.25. The van der Waals surface area contributed by atoms with Crippen molar-refractivity contribution in [2.45, 2.75) is 19.9 Å². The van der Waals surface area contributed by atoms with Crippen LogP contribution in [0.5, 0.6) is 0 Å². The lowest BCUT2D eigenvalue weighted by atomic mass is 10.1. The van der Waals surface area contributed by atoms with E-state index in [2.05, 4.69) is 10.6 Å². The van der Waals surface area contributed by atoms with E-state index in [4.69, 9.17) is 11.6 Å². The molecule has 0 heterocycles. The van der Waals surface area contributed by atoms with E-state index in [-0.39, 0.29) is 17.9 Å². The molecule has 0 radical (unpaired) electrons. The molecule has 0 saturated carbocycles. The Morgan fingerprint density at radius 3 is 2.38 bits per heavy atom. The zero-order valence-corrected chi connectivity index (χ0v) is 14.3. The van der Waals surface area contributed by atoms with Gasteiger partial charge in [0.25, 0.3) is 5.91 Å². The Kier molecular flexibility index (Phi) is 6.15. The molecule has 2 amide bonds. The molecule has 4 nitrogen and oxygen atoms in total. The van der Waals surface area contributed by atoms with Crippen LogP contribution in [0.1, 0.15) is 29.8 Å². The highest BCUT2D eigenvalue weighted by atomic mass is 35.5. The third-order valence-electron chi connectivity index (χ3n) is 3.15. The second-order valence-electron chi connectivity index (χ2n) is 5.55. The van der Waals surface area contributed by atoms with Crippen LogP contribution in [0.25, 0.3) is 6.08 Å². The van der Waals surface area contributed by atoms with Crippen LogP contribution in [0.2, 0.25) is 5.02 Å². The summed E-state index contributed by atoms with van der Waals surface area (Å²) >= 11 is 5.82. The van der Waals surface area contributed by atoms with Crippen LogP contribution in [-0.2, 0) is 4.79 Å². The number of hydrogen-bond donors (Lipinski definition) is 2. The van der Waals surface area contributed by atoms with Gasteiger partial charge in [0.15, 0.2) is 0 Å². The smallest absolute Gasteiger partial charge is 0.253 e.